The van der Waals surface area contributed by atoms with Gasteiger partial charge in [0.15, 0.2) is 18.1 Å². The quantitative estimate of drug-likeness (QED) is 0.871. The Labute approximate surface area is 137 Å². The number of nitrogens with one attached hydrogen (secondary N) is 1. The van der Waals surface area contributed by atoms with Crippen molar-refractivity contribution in [2.75, 3.05) is 18.7 Å². The number of anilines is 1. The maximum Gasteiger partial charge on any atom is 0.339 e. The highest BCUT2D eigenvalue weighted by Crippen LogP contribution is 2.34. The average molecular weight is 333 g/mol. The van der Waals surface area contributed by atoms with Crippen molar-refractivity contribution in [3.63, 3.8) is 0 Å². The first kappa shape index (κ1) is 15.4. The maximum absolute atomic E-state index is 12.0. The molecule has 0 spiro atoms. The average Bonchev–Trinajstić information content (AvgIpc) is 3.10. The molecule has 23 heavy (non-hydrogen) atoms. The minimum Gasteiger partial charge on any atom is -0.454 e. The molecule has 0 atom stereocenters. The summed E-state index contributed by atoms with van der Waals surface area (Å²) in [6.45, 7) is 3.59. The van der Waals surface area contributed by atoms with Crippen LogP contribution in [0.2, 0.25) is 0 Å². The van der Waals surface area contributed by atoms with Crippen LogP contribution in [-0.2, 0) is 9.53 Å². The largest absolute Gasteiger partial charge is 0.454 e. The van der Waals surface area contributed by atoms with Gasteiger partial charge in [0.05, 0.1) is 5.56 Å². The van der Waals surface area contributed by atoms with Gasteiger partial charge in [-0.1, -0.05) is 0 Å². The van der Waals surface area contributed by atoms with Crippen LogP contribution in [0.4, 0.5) is 5.69 Å². The van der Waals surface area contributed by atoms with Crippen LogP contribution in [0.5, 0.6) is 11.5 Å². The van der Waals surface area contributed by atoms with E-state index in [0.717, 1.165) is 9.75 Å². The van der Waals surface area contributed by atoms with Gasteiger partial charge in [-0.05, 0) is 32.0 Å². The number of ether oxygens (including phenoxy) is 3. The van der Waals surface area contributed by atoms with Crippen LogP contribution in [0.1, 0.15) is 20.1 Å². The van der Waals surface area contributed by atoms with Crippen LogP contribution in [0.25, 0.3) is 0 Å². The number of hydrogen-bond acceptors (Lipinski definition) is 6. The molecule has 1 aromatic carbocycles. The topological polar surface area (TPSA) is 73.9 Å². The van der Waals surface area contributed by atoms with Gasteiger partial charge in [0.2, 0.25) is 6.79 Å². The molecule has 0 aliphatic carbocycles. The molecule has 0 bridgehead atoms. The normalized spacial score (nSPS) is 12.1. The van der Waals surface area contributed by atoms with Crippen molar-refractivity contribution in [1.82, 2.24) is 0 Å². The molecule has 3 rings (SSSR count). The van der Waals surface area contributed by atoms with Crippen LogP contribution in [0.15, 0.2) is 24.3 Å². The van der Waals surface area contributed by atoms with Gasteiger partial charge in [-0.25, -0.2) is 4.79 Å². The molecule has 0 unspecified atom stereocenters. The number of amides is 1. The lowest BCUT2D eigenvalue weighted by atomic mass is 10.2. The summed E-state index contributed by atoms with van der Waals surface area (Å²) < 4.78 is 15.5. The molecule has 2 heterocycles. The summed E-state index contributed by atoms with van der Waals surface area (Å²) in [6.07, 6.45) is 0. The van der Waals surface area contributed by atoms with Gasteiger partial charge in [-0.2, -0.15) is 0 Å². The highest BCUT2D eigenvalue weighted by Gasteiger charge is 2.16. The molecule has 6 nitrogen and oxygen atoms in total. The van der Waals surface area contributed by atoms with Crippen molar-refractivity contribution in [3.8, 4) is 11.5 Å². The van der Waals surface area contributed by atoms with Crippen molar-refractivity contribution in [3.05, 3.63) is 39.6 Å². The van der Waals surface area contributed by atoms with Crippen LogP contribution in [0.3, 0.4) is 0 Å². The molecule has 7 heteroatoms. The van der Waals surface area contributed by atoms with Gasteiger partial charge < -0.3 is 19.5 Å². The lowest BCUT2D eigenvalue weighted by Crippen LogP contribution is -2.21. The predicted molar refractivity (Wildman–Crippen MR) is 85.3 cm³/mol. The molecule has 1 aliphatic rings. The lowest BCUT2D eigenvalue weighted by molar-refractivity contribution is -0.119. The molecule has 0 radical (unpaired) electrons. The summed E-state index contributed by atoms with van der Waals surface area (Å²) >= 11 is 1.52. The third kappa shape index (κ3) is 3.45. The fourth-order valence-electron chi connectivity index (χ4n) is 2.21. The monoisotopic (exact) mass is 333 g/mol. The number of benzene rings is 1. The first-order valence-corrected chi connectivity index (χ1v) is 7.78. The molecule has 1 aromatic heterocycles. The number of aryl methyl sites for hydroxylation is 2. The second-order valence-corrected chi connectivity index (χ2v) is 6.48. The Bertz CT molecular complexity index is 768. The van der Waals surface area contributed by atoms with Crippen molar-refractivity contribution in [2.45, 2.75) is 13.8 Å². The van der Waals surface area contributed by atoms with E-state index >= 15 is 0 Å². The number of hydrogen-bond donors (Lipinski definition) is 1. The fraction of sp³-hybridized carbons (Fsp3) is 0.250. The summed E-state index contributed by atoms with van der Waals surface area (Å²) in [4.78, 5) is 25.7. The van der Waals surface area contributed by atoms with E-state index in [0.29, 0.717) is 22.7 Å². The Kier molecular flexibility index (Phi) is 4.20. The van der Waals surface area contributed by atoms with Crippen LogP contribution < -0.4 is 14.8 Å². The number of fused-ring (bicyclic) bond motifs is 1. The first-order valence-electron chi connectivity index (χ1n) is 6.96. The third-order valence-electron chi connectivity index (χ3n) is 3.25. The van der Waals surface area contributed by atoms with Crippen LogP contribution in [0, 0.1) is 13.8 Å². The minimum atomic E-state index is -0.493. The fourth-order valence-corrected chi connectivity index (χ4v) is 3.13. The van der Waals surface area contributed by atoms with Gasteiger partial charge in [0.25, 0.3) is 5.91 Å². The number of esters is 1. The zero-order chi connectivity index (χ0) is 16.4. The van der Waals surface area contributed by atoms with Crippen LogP contribution >= 0.6 is 11.3 Å². The Hall–Kier alpha value is -2.54. The van der Waals surface area contributed by atoms with E-state index in [2.05, 4.69) is 5.32 Å². The highest BCUT2D eigenvalue weighted by atomic mass is 32.1. The Balaban J connectivity index is 1.55. The molecule has 2 aromatic rings. The number of thiophene rings is 1. The summed E-state index contributed by atoms with van der Waals surface area (Å²) in [5.41, 5.74) is 1.06. The molecular weight excluding hydrogens is 318 g/mol. The van der Waals surface area contributed by atoms with E-state index in [1.165, 1.54) is 11.3 Å². The van der Waals surface area contributed by atoms with Crippen molar-refractivity contribution >= 4 is 28.9 Å². The van der Waals surface area contributed by atoms with E-state index < -0.39 is 11.9 Å². The Morgan fingerprint density at radius 3 is 2.74 bits per heavy atom. The van der Waals surface area contributed by atoms with Gasteiger partial charge in [-0.15, -0.1) is 11.3 Å². The number of carbonyl (C=O) groups excluding carboxylic acids is 2. The maximum atomic E-state index is 12.0. The molecule has 0 fully saturated rings. The zero-order valence-corrected chi connectivity index (χ0v) is 13.5. The lowest BCUT2D eigenvalue weighted by Gasteiger charge is -2.07. The van der Waals surface area contributed by atoms with Crippen molar-refractivity contribution < 1.29 is 23.8 Å². The highest BCUT2D eigenvalue weighted by molar-refractivity contribution is 7.12. The zero-order valence-electron chi connectivity index (χ0n) is 12.7. The van der Waals surface area contributed by atoms with Gasteiger partial charge in [0, 0.05) is 21.5 Å². The summed E-state index contributed by atoms with van der Waals surface area (Å²) in [5.74, 6) is 0.302. The SMILES string of the molecule is Cc1cc(C(=O)OCC(=O)Nc2ccc3c(c2)OCO3)c(C)s1. The van der Waals surface area contributed by atoms with Gasteiger partial charge in [0.1, 0.15) is 0 Å². The van der Waals surface area contributed by atoms with E-state index in [-0.39, 0.29) is 13.4 Å². The number of carbonyl (C=O) groups is 2. The van der Waals surface area contributed by atoms with E-state index in [9.17, 15) is 9.59 Å². The minimum absolute atomic E-state index is 0.170. The predicted octanol–water partition coefficient (Wildman–Crippen LogP) is 2.89. The molecule has 1 aliphatic heterocycles. The summed E-state index contributed by atoms with van der Waals surface area (Å²) in [6, 6.07) is 6.83. The smallest absolute Gasteiger partial charge is 0.339 e. The van der Waals surface area contributed by atoms with Crippen LogP contribution in [-0.4, -0.2) is 25.3 Å². The van der Waals surface area contributed by atoms with E-state index in [1.54, 1.807) is 24.3 Å². The second kappa shape index (κ2) is 6.29. The molecule has 1 amide bonds. The Morgan fingerprint density at radius 2 is 2.00 bits per heavy atom. The third-order valence-corrected chi connectivity index (χ3v) is 4.22. The second-order valence-electron chi connectivity index (χ2n) is 5.02. The standard InChI is InChI=1S/C16H15NO5S/c1-9-5-12(10(2)23-9)16(19)20-7-15(18)17-11-3-4-13-14(6-11)22-8-21-13/h3-6H,7-8H2,1-2H3,(H,17,18). The molecular formula is C16H15NO5S. The van der Waals surface area contributed by atoms with Crippen molar-refractivity contribution in [1.29, 1.82) is 0 Å². The summed E-state index contributed by atoms with van der Waals surface area (Å²) in [5, 5.41) is 2.65. The van der Waals surface area contributed by atoms with E-state index in [1.807, 2.05) is 13.8 Å². The molecule has 1 N–H and O–H groups in total. The molecule has 0 saturated heterocycles. The first-order chi connectivity index (χ1) is 11.0. The molecule has 120 valence electrons. The molecule has 0 saturated carbocycles. The Morgan fingerprint density at radius 1 is 1.22 bits per heavy atom. The summed E-state index contributed by atoms with van der Waals surface area (Å²) in [7, 11) is 0. The van der Waals surface area contributed by atoms with E-state index in [4.69, 9.17) is 14.2 Å². The van der Waals surface area contributed by atoms with Gasteiger partial charge in [-0.3, -0.25) is 4.79 Å². The van der Waals surface area contributed by atoms with Gasteiger partial charge >= 0.3 is 5.97 Å². The van der Waals surface area contributed by atoms with Crippen molar-refractivity contribution in [2.24, 2.45) is 0 Å². The number of rotatable bonds is 4.